The van der Waals surface area contributed by atoms with Crippen LogP contribution in [-0.2, 0) is 6.42 Å². The molecular weight excluding hydrogens is 288 g/mol. The van der Waals surface area contributed by atoms with Gasteiger partial charge in [0.1, 0.15) is 0 Å². The molecule has 0 bridgehead atoms. The highest BCUT2D eigenvalue weighted by molar-refractivity contribution is 5.91. The highest BCUT2D eigenvalue weighted by Gasteiger charge is 2.13. The van der Waals surface area contributed by atoms with Crippen LogP contribution >= 0.6 is 0 Å². The minimum absolute atomic E-state index is 0.308. The number of halogens is 2. The molecule has 116 valence electrons. The maximum Gasteiger partial charge on any atom is 0.343 e. The maximum absolute atomic E-state index is 13.3. The number of benzene rings is 1. The van der Waals surface area contributed by atoms with E-state index in [0.717, 1.165) is 37.0 Å². The number of aryl methyl sites for hydroxylation is 1. The molecule has 3 nitrogen and oxygen atoms in total. The summed E-state index contributed by atoms with van der Waals surface area (Å²) < 4.78 is 30.9. The van der Waals surface area contributed by atoms with Crippen molar-refractivity contribution in [1.29, 1.82) is 0 Å². The summed E-state index contributed by atoms with van der Waals surface area (Å²) in [7, 11) is 0. The van der Waals surface area contributed by atoms with Crippen molar-refractivity contribution in [2.75, 3.05) is 0 Å². The smallest absolute Gasteiger partial charge is 0.343 e. The molecular formula is C17H17F2NO2. The molecule has 0 amide bonds. The number of rotatable bonds is 6. The minimum Gasteiger partial charge on any atom is -0.418 e. The Morgan fingerprint density at radius 3 is 2.45 bits per heavy atom. The van der Waals surface area contributed by atoms with E-state index < -0.39 is 23.6 Å². The van der Waals surface area contributed by atoms with E-state index in [-0.39, 0.29) is 0 Å². The number of carbonyl (C=O) groups excluding carboxylic acids is 1. The van der Waals surface area contributed by atoms with Gasteiger partial charge < -0.3 is 4.74 Å². The molecule has 0 atom stereocenters. The number of pyridine rings is 1. The highest BCUT2D eigenvalue weighted by Crippen LogP contribution is 2.17. The van der Waals surface area contributed by atoms with Crippen molar-refractivity contribution in [2.45, 2.75) is 32.6 Å². The van der Waals surface area contributed by atoms with Crippen molar-refractivity contribution in [3.05, 3.63) is 59.4 Å². The normalized spacial score (nSPS) is 10.5. The number of hydrogen-bond donors (Lipinski definition) is 0. The first-order valence-electron chi connectivity index (χ1n) is 7.23. The topological polar surface area (TPSA) is 39.2 Å². The van der Waals surface area contributed by atoms with E-state index in [1.54, 1.807) is 12.1 Å². The lowest BCUT2D eigenvalue weighted by molar-refractivity contribution is 0.0725. The minimum atomic E-state index is -1.15. The van der Waals surface area contributed by atoms with Gasteiger partial charge in [-0.3, -0.25) is 0 Å². The van der Waals surface area contributed by atoms with E-state index in [4.69, 9.17) is 4.74 Å². The number of aromatic nitrogens is 1. The summed E-state index contributed by atoms with van der Waals surface area (Å²) in [6.07, 6.45) is 4.38. The lowest BCUT2D eigenvalue weighted by Gasteiger charge is -2.06. The van der Waals surface area contributed by atoms with Gasteiger partial charge in [0.15, 0.2) is 5.75 Å². The van der Waals surface area contributed by atoms with Crippen LogP contribution in [0.3, 0.4) is 0 Å². The van der Waals surface area contributed by atoms with Crippen LogP contribution in [0.5, 0.6) is 5.75 Å². The van der Waals surface area contributed by atoms with Gasteiger partial charge in [-0.2, -0.15) is 13.8 Å². The molecule has 1 aromatic carbocycles. The molecule has 1 heterocycles. The monoisotopic (exact) mass is 305 g/mol. The van der Waals surface area contributed by atoms with Gasteiger partial charge in [0, 0.05) is 0 Å². The second kappa shape index (κ2) is 7.64. The number of ether oxygens (including phenoxy) is 1. The van der Waals surface area contributed by atoms with Crippen LogP contribution in [-0.4, -0.2) is 11.0 Å². The first-order valence-corrected chi connectivity index (χ1v) is 7.23. The van der Waals surface area contributed by atoms with Crippen molar-refractivity contribution in [2.24, 2.45) is 0 Å². The number of carbonyl (C=O) groups is 1. The van der Waals surface area contributed by atoms with Crippen LogP contribution in [0.25, 0.3) is 0 Å². The number of nitrogens with zero attached hydrogens (tertiary/aromatic N) is 1. The Morgan fingerprint density at radius 1 is 1.09 bits per heavy atom. The van der Waals surface area contributed by atoms with Crippen molar-refractivity contribution < 1.29 is 18.3 Å². The average Bonchev–Trinajstić information content (AvgIpc) is 2.51. The SMILES string of the molecule is CCCCCc1ccc(C(=O)Oc2ccc(F)nc2F)cc1. The maximum atomic E-state index is 13.3. The zero-order valence-electron chi connectivity index (χ0n) is 12.3. The second-order valence-corrected chi connectivity index (χ2v) is 4.97. The first kappa shape index (κ1) is 16.1. The van der Waals surface area contributed by atoms with Gasteiger partial charge in [-0.1, -0.05) is 31.9 Å². The van der Waals surface area contributed by atoms with Gasteiger partial charge >= 0.3 is 5.97 Å². The molecule has 1 aromatic heterocycles. The Balaban J connectivity index is 2.00. The molecule has 0 saturated heterocycles. The van der Waals surface area contributed by atoms with E-state index in [2.05, 4.69) is 11.9 Å². The molecule has 0 radical (unpaired) electrons. The van der Waals surface area contributed by atoms with Crippen LogP contribution in [0.15, 0.2) is 36.4 Å². The van der Waals surface area contributed by atoms with Gasteiger partial charge in [-0.15, -0.1) is 0 Å². The highest BCUT2D eigenvalue weighted by atomic mass is 19.1. The zero-order chi connectivity index (χ0) is 15.9. The molecule has 2 rings (SSSR count). The summed E-state index contributed by atoms with van der Waals surface area (Å²) in [5.74, 6) is -3.20. The Morgan fingerprint density at radius 2 is 1.82 bits per heavy atom. The Kier molecular flexibility index (Phi) is 5.58. The van der Waals surface area contributed by atoms with E-state index in [1.165, 1.54) is 6.42 Å². The molecule has 0 aliphatic carbocycles. The Bertz CT molecular complexity index is 642. The summed E-state index contributed by atoms with van der Waals surface area (Å²) in [5, 5.41) is 0. The fourth-order valence-corrected chi connectivity index (χ4v) is 2.02. The van der Waals surface area contributed by atoms with Crippen molar-refractivity contribution in [1.82, 2.24) is 4.98 Å². The predicted octanol–water partition coefficient (Wildman–Crippen LogP) is 4.31. The first-order chi connectivity index (χ1) is 10.6. The predicted molar refractivity (Wildman–Crippen MR) is 78.8 cm³/mol. The number of esters is 1. The fourth-order valence-electron chi connectivity index (χ4n) is 2.02. The summed E-state index contributed by atoms with van der Waals surface area (Å²) in [5.41, 5.74) is 1.45. The second-order valence-electron chi connectivity index (χ2n) is 4.97. The van der Waals surface area contributed by atoms with Gasteiger partial charge in [0.05, 0.1) is 5.56 Å². The van der Waals surface area contributed by atoms with E-state index in [1.807, 2.05) is 12.1 Å². The standard InChI is InChI=1S/C17H17F2NO2/c1-2-3-4-5-12-6-8-13(9-7-12)17(21)22-14-10-11-15(18)20-16(14)19/h6-11H,2-5H2,1H3. The van der Waals surface area contributed by atoms with Crippen LogP contribution in [0.1, 0.15) is 42.1 Å². The van der Waals surface area contributed by atoms with Gasteiger partial charge in [-0.05, 0) is 42.7 Å². The lowest BCUT2D eigenvalue weighted by Crippen LogP contribution is -2.10. The van der Waals surface area contributed by atoms with Crippen LogP contribution in [0, 0.1) is 11.9 Å². The third-order valence-electron chi connectivity index (χ3n) is 3.24. The molecule has 2 aromatic rings. The van der Waals surface area contributed by atoms with E-state index in [9.17, 15) is 13.6 Å². The van der Waals surface area contributed by atoms with Crippen molar-refractivity contribution in [3.8, 4) is 5.75 Å². The molecule has 5 heteroatoms. The number of unbranched alkanes of at least 4 members (excludes halogenated alkanes) is 2. The van der Waals surface area contributed by atoms with Crippen molar-refractivity contribution in [3.63, 3.8) is 0 Å². The third-order valence-corrected chi connectivity index (χ3v) is 3.24. The van der Waals surface area contributed by atoms with Crippen LogP contribution in [0.4, 0.5) is 8.78 Å². The molecule has 0 spiro atoms. The molecule has 0 fully saturated rings. The molecule has 0 saturated carbocycles. The molecule has 0 aliphatic rings. The quantitative estimate of drug-likeness (QED) is 0.453. The molecule has 0 aliphatic heterocycles. The van der Waals surface area contributed by atoms with Gasteiger partial charge in [0.2, 0.25) is 5.95 Å². The molecule has 0 N–H and O–H groups in total. The summed E-state index contributed by atoms with van der Waals surface area (Å²) in [6.45, 7) is 2.14. The third kappa shape index (κ3) is 4.35. The summed E-state index contributed by atoms with van der Waals surface area (Å²) >= 11 is 0. The Hall–Kier alpha value is -2.30. The molecule has 0 unspecified atom stereocenters. The summed E-state index contributed by atoms with van der Waals surface area (Å²) in [4.78, 5) is 14.9. The average molecular weight is 305 g/mol. The summed E-state index contributed by atoms with van der Waals surface area (Å²) in [6, 6.07) is 8.95. The van der Waals surface area contributed by atoms with Gasteiger partial charge in [-0.25, -0.2) is 4.79 Å². The van der Waals surface area contributed by atoms with Crippen molar-refractivity contribution >= 4 is 5.97 Å². The van der Waals surface area contributed by atoms with Crippen LogP contribution in [0.2, 0.25) is 0 Å². The lowest BCUT2D eigenvalue weighted by atomic mass is 10.1. The zero-order valence-corrected chi connectivity index (χ0v) is 12.3. The van der Waals surface area contributed by atoms with E-state index >= 15 is 0 Å². The fraction of sp³-hybridized carbons (Fsp3) is 0.294. The van der Waals surface area contributed by atoms with E-state index in [0.29, 0.717) is 5.56 Å². The largest absolute Gasteiger partial charge is 0.418 e. The Labute approximate surface area is 128 Å². The van der Waals surface area contributed by atoms with Gasteiger partial charge in [0.25, 0.3) is 5.95 Å². The number of hydrogen-bond acceptors (Lipinski definition) is 3. The molecule has 22 heavy (non-hydrogen) atoms. The van der Waals surface area contributed by atoms with Crippen LogP contribution < -0.4 is 4.74 Å².